The molecule has 4 amide bonds. The second-order valence-corrected chi connectivity index (χ2v) is 10.8. The van der Waals surface area contributed by atoms with Gasteiger partial charge >= 0.3 is 6.09 Å². The summed E-state index contributed by atoms with van der Waals surface area (Å²) in [6.45, 7) is 8.92. The average molecular weight is 533 g/mol. The summed E-state index contributed by atoms with van der Waals surface area (Å²) in [6.07, 6.45) is 1.62. The molecular formula is C26H38N5O7. The lowest BCUT2D eigenvalue weighted by atomic mass is 9.67. The minimum Gasteiger partial charge on any atom is -0.440 e. The number of hydrogen-bond acceptors (Lipinski definition) is 8. The van der Waals surface area contributed by atoms with E-state index in [2.05, 4.69) is 17.6 Å². The van der Waals surface area contributed by atoms with Gasteiger partial charge in [0.05, 0.1) is 19.6 Å². The van der Waals surface area contributed by atoms with Crippen molar-refractivity contribution < 1.29 is 33.8 Å². The van der Waals surface area contributed by atoms with Crippen molar-refractivity contribution in [2.45, 2.75) is 45.3 Å². The van der Waals surface area contributed by atoms with Crippen LogP contribution in [0.25, 0.3) is 0 Å². The summed E-state index contributed by atoms with van der Waals surface area (Å²) in [5, 5.41) is 15.7. The Hall–Kier alpha value is -3.25. The Morgan fingerprint density at radius 2 is 1.68 bits per heavy atom. The molecule has 38 heavy (non-hydrogen) atoms. The van der Waals surface area contributed by atoms with Gasteiger partial charge < -0.3 is 36.0 Å². The zero-order chi connectivity index (χ0) is 28.6. The van der Waals surface area contributed by atoms with Crippen molar-refractivity contribution in [3.8, 4) is 0 Å². The minimum atomic E-state index is -1.51. The molecule has 0 unspecified atom stereocenters. The van der Waals surface area contributed by atoms with Gasteiger partial charge in [-0.15, -0.1) is 0 Å². The molecule has 3 atom stereocenters. The molecule has 209 valence electrons. The molecule has 0 aromatic carbocycles. The van der Waals surface area contributed by atoms with Crippen LogP contribution in [0.1, 0.15) is 33.6 Å². The van der Waals surface area contributed by atoms with Gasteiger partial charge in [-0.25, -0.2) is 4.79 Å². The van der Waals surface area contributed by atoms with Crippen LogP contribution in [-0.2, 0) is 23.9 Å². The SMILES string of the molecule is [CH2][C@]1(C)C=C2C(=O)[C@](C)(O)C3(CC3)C(C)=C2[C@H]1OC(=O)N(C)CCN(C)C(=O)CNC(=O)CNC(=O)CN. The molecule has 3 rings (SSSR count). The molecule has 1 spiro atoms. The third kappa shape index (κ3) is 5.32. The van der Waals surface area contributed by atoms with Crippen molar-refractivity contribution in [3.05, 3.63) is 29.7 Å². The predicted octanol–water partition coefficient (Wildman–Crippen LogP) is -0.716. The molecule has 0 aliphatic heterocycles. The van der Waals surface area contributed by atoms with E-state index in [-0.39, 0.29) is 44.4 Å². The number of nitrogens with two attached hydrogens (primary N) is 1. The van der Waals surface area contributed by atoms with Crippen molar-refractivity contribution in [1.29, 1.82) is 0 Å². The topological polar surface area (TPSA) is 171 Å². The first kappa shape index (κ1) is 29.3. The zero-order valence-electron chi connectivity index (χ0n) is 22.7. The molecule has 0 heterocycles. The monoisotopic (exact) mass is 532 g/mol. The van der Waals surface area contributed by atoms with Crippen molar-refractivity contribution in [3.63, 3.8) is 0 Å². The van der Waals surface area contributed by atoms with Gasteiger partial charge in [0, 0.05) is 49.2 Å². The highest BCUT2D eigenvalue weighted by atomic mass is 16.6. The summed E-state index contributed by atoms with van der Waals surface area (Å²) in [4.78, 5) is 64.0. The normalized spacial score (nSPS) is 24.4. The van der Waals surface area contributed by atoms with Crippen LogP contribution in [0.4, 0.5) is 4.79 Å². The second kappa shape index (κ2) is 10.5. The van der Waals surface area contributed by atoms with Gasteiger partial charge in [0.15, 0.2) is 5.78 Å². The number of nitrogens with one attached hydrogen (secondary N) is 2. The van der Waals surface area contributed by atoms with E-state index in [1.54, 1.807) is 19.9 Å². The summed E-state index contributed by atoms with van der Waals surface area (Å²) in [5.41, 5.74) is 3.95. The molecule has 1 radical (unpaired) electrons. The number of rotatable bonds is 9. The van der Waals surface area contributed by atoms with E-state index in [1.807, 2.05) is 6.92 Å². The highest BCUT2D eigenvalue weighted by molar-refractivity contribution is 6.09. The van der Waals surface area contributed by atoms with Crippen LogP contribution in [0.5, 0.6) is 0 Å². The Balaban J connectivity index is 1.56. The Kier molecular flexibility index (Phi) is 8.09. The number of carbonyl (C=O) groups is 5. The van der Waals surface area contributed by atoms with Crippen molar-refractivity contribution in [2.75, 3.05) is 46.8 Å². The molecule has 1 saturated carbocycles. The summed E-state index contributed by atoms with van der Waals surface area (Å²) in [6, 6.07) is 0. The van der Waals surface area contributed by atoms with E-state index in [0.29, 0.717) is 24.0 Å². The van der Waals surface area contributed by atoms with Crippen molar-refractivity contribution in [1.82, 2.24) is 20.4 Å². The van der Waals surface area contributed by atoms with Gasteiger partial charge in [0.25, 0.3) is 0 Å². The number of Topliss-reactive ketones (excluding diaryl/α,β-unsaturated/α-hetero) is 1. The summed E-state index contributed by atoms with van der Waals surface area (Å²) < 4.78 is 5.87. The molecule has 1 fully saturated rings. The maximum absolute atomic E-state index is 13.2. The van der Waals surface area contributed by atoms with Gasteiger partial charge in [-0.05, 0) is 33.6 Å². The number of nitrogens with zero attached hydrogens (tertiary/aromatic N) is 2. The lowest BCUT2D eigenvalue weighted by Crippen LogP contribution is -2.50. The number of hydrogen-bond donors (Lipinski definition) is 4. The maximum Gasteiger partial charge on any atom is 0.410 e. The lowest BCUT2D eigenvalue weighted by molar-refractivity contribution is -0.138. The number of likely N-dealkylation sites (N-methyl/N-ethyl adjacent to an activating group) is 2. The second-order valence-electron chi connectivity index (χ2n) is 10.8. The third-order valence-corrected chi connectivity index (χ3v) is 7.91. The molecule has 0 aromatic heterocycles. The standard InChI is InChI=1S/C26H38N5O7/c1-15-20-16(21(35)25(4,37)26(15)7-8-26)11-24(2,3)22(20)38-23(36)31(6)10-9-30(5)19(34)14-29-18(33)13-28-17(32)12-27/h11,22,37H,2,7-10,12-14,27H2,1,3-6H3,(H,28,32)(H,29,33)/t22-,24+,25+/m1/s1. The fourth-order valence-electron chi connectivity index (χ4n) is 5.15. The zero-order valence-corrected chi connectivity index (χ0v) is 22.7. The van der Waals surface area contributed by atoms with E-state index in [0.717, 1.165) is 5.57 Å². The molecular weight excluding hydrogens is 494 g/mol. The quantitative estimate of drug-likeness (QED) is 0.301. The minimum absolute atomic E-state index is 0.151. The number of carbonyl (C=O) groups excluding carboxylic acids is 5. The Morgan fingerprint density at radius 1 is 1.11 bits per heavy atom. The van der Waals surface area contributed by atoms with Gasteiger partial charge in [0.1, 0.15) is 11.7 Å². The van der Waals surface area contributed by atoms with Gasteiger partial charge in [0.2, 0.25) is 17.7 Å². The molecule has 0 aromatic rings. The van der Waals surface area contributed by atoms with Crippen LogP contribution >= 0.6 is 0 Å². The van der Waals surface area contributed by atoms with E-state index in [1.165, 1.54) is 23.9 Å². The van der Waals surface area contributed by atoms with Crippen LogP contribution in [0.3, 0.4) is 0 Å². The van der Waals surface area contributed by atoms with Crippen LogP contribution in [-0.4, -0.2) is 103 Å². The fourth-order valence-corrected chi connectivity index (χ4v) is 5.15. The molecule has 5 N–H and O–H groups in total. The average Bonchev–Trinajstić information content (AvgIpc) is 3.64. The first-order valence-corrected chi connectivity index (χ1v) is 12.5. The summed E-state index contributed by atoms with van der Waals surface area (Å²) in [5.74, 6) is -1.77. The smallest absolute Gasteiger partial charge is 0.410 e. The largest absolute Gasteiger partial charge is 0.440 e. The van der Waals surface area contributed by atoms with E-state index in [9.17, 15) is 29.1 Å². The summed E-state index contributed by atoms with van der Waals surface area (Å²) >= 11 is 0. The van der Waals surface area contributed by atoms with Crippen LogP contribution < -0.4 is 16.4 Å². The number of ether oxygens (including phenoxy) is 1. The van der Waals surface area contributed by atoms with E-state index in [4.69, 9.17) is 10.5 Å². The Labute approximate surface area is 222 Å². The van der Waals surface area contributed by atoms with Gasteiger partial charge in [-0.2, -0.15) is 0 Å². The Bertz CT molecular complexity index is 1100. The highest BCUT2D eigenvalue weighted by Crippen LogP contribution is 2.65. The molecule has 0 bridgehead atoms. The number of ketones is 1. The fraction of sp³-hybridized carbons (Fsp3) is 0.615. The number of fused-ring (bicyclic) bond motifs is 1. The van der Waals surface area contributed by atoms with Crippen LogP contribution in [0.2, 0.25) is 0 Å². The molecule has 3 aliphatic rings. The van der Waals surface area contributed by atoms with Crippen LogP contribution in [0, 0.1) is 17.8 Å². The Morgan fingerprint density at radius 3 is 2.26 bits per heavy atom. The molecule has 12 nitrogen and oxygen atoms in total. The molecule has 0 saturated heterocycles. The van der Waals surface area contributed by atoms with Crippen LogP contribution in [0.15, 0.2) is 22.8 Å². The molecule has 3 aliphatic carbocycles. The number of aliphatic hydroxyl groups is 1. The third-order valence-electron chi connectivity index (χ3n) is 7.91. The maximum atomic E-state index is 13.2. The van der Waals surface area contributed by atoms with Gasteiger partial charge in [-0.1, -0.05) is 18.6 Å². The summed E-state index contributed by atoms with van der Waals surface area (Å²) in [7, 11) is 3.07. The predicted molar refractivity (Wildman–Crippen MR) is 137 cm³/mol. The van der Waals surface area contributed by atoms with Crippen molar-refractivity contribution in [2.24, 2.45) is 16.6 Å². The number of amides is 4. The van der Waals surface area contributed by atoms with E-state index < -0.39 is 40.4 Å². The molecule has 12 heteroatoms. The van der Waals surface area contributed by atoms with E-state index >= 15 is 0 Å². The highest BCUT2D eigenvalue weighted by Gasteiger charge is 2.66. The first-order chi connectivity index (χ1) is 17.6. The van der Waals surface area contributed by atoms with Crippen molar-refractivity contribution >= 4 is 29.6 Å². The first-order valence-electron chi connectivity index (χ1n) is 12.5. The lowest BCUT2D eigenvalue weighted by Gasteiger charge is -2.40. The van der Waals surface area contributed by atoms with Gasteiger partial charge in [-0.3, -0.25) is 19.2 Å².